The maximum Gasteiger partial charge on any atom is 0.335 e. The van der Waals surface area contributed by atoms with E-state index in [1.54, 1.807) is 60.7 Å². The highest BCUT2D eigenvalue weighted by Crippen LogP contribution is 2.36. The number of nitrogens with one attached hydrogen (secondary N) is 2. The Hall–Kier alpha value is -5.66. The molecule has 0 aliphatic rings. The molecule has 6 aromatic rings. The topological polar surface area (TPSA) is 167 Å². The maximum atomic E-state index is 13.8. The third kappa shape index (κ3) is 13.9. The van der Waals surface area contributed by atoms with Gasteiger partial charge in [-0.1, -0.05) is 125 Å². The van der Waals surface area contributed by atoms with Gasteiger partial charge in [0, 0.05) is 16.4 Å². The molecular weight excluding hydrogens is 904 g/mol. The van der Waals surface area contributed by atoms with Gasteiger partial charge in [0.05, 0.1) is 21.0 Å². The molecule has 0 atom stereocenters. The van der Waals surface area contributed by atoms with Gasteiger partial charge in [-0.2, -0.15) is 0 Å². The molecule has 0 saturated heterocycles. The molecule has 0 radical (unpaired) electrons. The van der Waals surface area contributed by atoms with Crippen LogP contribution in [0.5, 0.6) is 0 Å². The number of carboxylic acid groups (broad SMARTS) is 2. The van der Waals surface area contributed by atoms with Crippen molar-refractivity contribution >= 4 is 66.6 Å². The Morgan fingerprint density at radius 2 is 0.908 bits per heavy atom. The highest BCUT2D eigenvalue weighted by atomic mass is 35.5. The molecule has 0 aromatic heterocycles. The summed E-state index contributed by atoms with van der Waals surface area (Å²) in [4.78, 5) is 22.6. The molecule has 0 spiro atoms. The Labute approximate surface area is 392 Å². The van der Waals surface area contributed by atoms with Crippen molar-refractivity contribution in [3.05, 3.63) is 188 Å². The predicted octanol–water partition coefficient (Wildman–Crippen LogP) is 12.6. The van der Waals surface area contributed by atoms with Crippen molar-refractivity contribution in [2.24, 2.45) is 0 Å². The number of carboxylic acids is 2. The fraction of sp³-hybridized carbons (Fsp3) is 0.255. The van der Waals surface area contributed by atoms with Crippen molar-refractivity contribution in [2.45, 2.75) is 94.8 Å². The lowest BCUT2D eigenvalue weighted by molar-refractivity contribution is 0.0686. The molecule has 6 rings (SSSR count). The van der Waals surface area contributed by atoms with Crippen LogP contribution < -0.4 is 9.44 Å². The van der Waals surface area contributed by atoms with Gasteiger partial charge in [0.1, 0.15) is 4.90 Å². The van der Waals surface area contributed by atoms with Crippen LogP contribution in [0.3, 0.4) is 0 Å². The summed E-state index contributed by atoms with van der Waals surface area (Å²) < 4.78 is 58.2. The van der Waals surface area contributed by atoms with Crippen LogP contribution >= 0.6 is 23.2 Å². The third-order valence-electron chi connectivity index (χ3n) is 10.6. The van der Waals surface area contributed by atoms with Gasteiger partial charge in [-0.3, -0.25) is 9.44 Å². The highest BCUT2D eigenvalue weighted by molar-refractivity contribution is 7.93. The molecule has 0 aliphatic carbocycles. The van der Waals surface area contributed by atoms with Gasteiger partial charge in [0.2, 0.25) is 0 Å². The SMILES string of the molecule is CC(C)c1cc(C(C)C)c(S(=O)(=O)Nc2cccc(CCc3cccc(C(=O)O)c3)c2)c(C(C)C)c1.O=C(O)c1cccc(CCc2cccc(NS(=O)(=O)c3cc(Cl)ccc3Cl)c2)c1. The second kappa shape index (κ2) is 22.0. The van der Waals surface area contributed by atoms with Crippen LogP contribution in [0, 0.1) is 0 Å². The first-order chi connectivity index (χ1) is 30.6. The zero-order chi connectivity index (χ0) is 47.6. The number of halogens is 2. The lowest BCUT2D eigenvalue weighted by Gasteiger charge is -2.23. The molecule has 342 valence electrons. The molecule has 14 heteroatoms. The Morgan fingerprint density at radius 3 is 1.31 bits per heavy atom. The Morgan fingerprint density at radius 1 is 0.508 bits per heavy atom. The number of carbonyl (C=O) groups is 2. The third-order valence-corrected chi connectivity index (χ3v) is 14.3. The average Bonchev–Trinajstić information content (AvgIpc) is 3.25. The van der Waals surface area contributed by atoms with Crippen molar-refractivity contribution in [3.63, 3.8) is 0 Å². The van der Waals surface area contributed by atoms with Gasteiger partial charge in [-0.15, -0.1) is 0 Å². The standard InChI is InChI=1S/C30H37NO4S.C21H17Cl2NO4S/c1-19(2)25-17-27(20(3)4)29(28(18-25)21(5)6)36(34,35)31-26-12-8-10-23(16-26)14-13-22-9-7-11-24(15-22)30(32)33;22-17-9-10-19(23)20(13-17)29(27,28)24-18-6-2-4-15(12-18)8-7-14-3-1-5-16(11-14)21(25)26/h7-12,15-21,31H,13-14H2,1-6H3,(H,32,33);1-6,9-13,24H,7-8H2,(H,25,26). The smallest absolute Gasteiger partial charge is 0.335 e. The van der Waals surface area contributed by atoms with Gasteiger partial charge >= 0.3 is 11.9 Å². The minimum atomic E-state index is -3.90. The van der Waals surface area contributed by atoms with Crippen LogP contribution in [0.1, 0.15) is 119 Å². The molecule has 0 fully saturated rings. The van der Waals surface area contributed by atoms with E-state index in [2.05, 4.69) is 23.3 Å². The van der Waals surface area contributed by atoms with Gasteiger partial charge in [0.25, 0.3) is 20.0 Å². The van der Waals surface area contributed by atoms with E-state index >= 15 is 0 Å². The first-order valence-corrected chi connectivity index (χ1v) is 24.9. The van der Waals surface area contributed by atoms with Gasteiger partial charge < -0.3 is 10.2 Å². The zero-order valence-electron chi connectivity index (χ0n) is 37.1. The van der Waals surface area contributed by atoms with E-state index in [-0.39, 0.29) is 37.9 Å². The van der Waals surface area contributed by atoms with Crippen LogP contribution in [0.25, 0.3) is 0 Å². The fourth-order valence-corrected chi connectivity index (χ4v) is 10.7. The van der Waals surface area contributed by atoms with E-state index in [4.69, 9.17) is 28.3 Å². The summed E-state index contributed by atoms with van der Waals surface area (Å²) in [6.07, 6.45) is 2.56. The average molecular weight is 958 g/mol. The lowest BCUT2D eigenvalue weighted by atomic mass is 9.89. The van der Waals surface area contributed by atoms with E-state index < -0.39 is 32.0 Å². The van der Waals surface area contributed by atoms with Crippen molar-refractivity contribution in [3.8, 4) is 0 Å². The molecule has 10 nitrogen and oxygen atoms in total. The number of aromatic carboxylic acids is 2. The number of rotatable bonds is 17. The molecule has 0 aliphatic heterocycles. The minimum absolute atomic E-state index is 0.0562. The van der Waals surface area contributed by atoms with Gasteiger partial charge in [0.15, 0.2) is 0 Å². The molecule has 0 amide bonds. The number of aryl methyl sites for hydroxylation is 4. The quantitative estimate of drug-likeness (QED) is 0.0701. The molecule has 0 heterocycles. The number of benzene rings is 6. The summed E-state index contributed by atoms with van der Waals surface area (Å²) in [6, 6.07) is 36.4. The van der Waals surface area contributed by atoms with Crippen molar-refractivity contribution < 1.29 is 36.6 Å². The molecule has 6 aromatic carbocycles. The van der Waals surface area contributed by atoms with Crippen LogP contribution in [-0.4, -0.2) is 39.0 Å². The van der Waals surface area contributed by atoms with E-state index in [9.17, 15) is 31.5 Å². The Kier molecular flexibility index (Phi) is 17.1. The molecule has 0 unspecified atom stereocenters. The monoisotopic (exact) mass is 956 g/mol. The van der Waals surface area contributed by atoms with E-state index in [0.29, 0.717) is 47.9 Å². The van der Waals surface area contributed by atoms with Gasteiger partial charge in [-0.25, -0.2) is 26.4 Å². The number of hydrogen-bond donors (Lipinski definition) is 4. The van der Waals surface area contributed by atoms with E-state index in [0.717, 1.165) is 38.9 Å². The number of sulfonamides is 2. The van der Waals surface area contributed by atoms with Crippen LogP contribution in [0.4, 0.5) is 11.4 Å². The largest absolute Gasteiger partial charge is 0.478 e. The second-order valence-electron chi connectivity index (χ2n) is 16.7. The summed E-state index contributed by atoms with van der Waals surface area (Å²) >= 11 is 11.9. The molecule has 0 saturated carbocycles. The second-order valence-corrected chi connectivity index (χ2v) is 20.8. The first kappa shape index (κ1) is 50.3. The normalized spacial score (nSPS) is 11.6. The minimum Gasteiger partial charge on any atom is -0.478 e. The van der Waals surface area contributed by atoms with Crippen molar-refractivity contribution in [1.82, 2.24) is 0 Å². The Balaban J connectivity index is 0.000000250. The van der Waals surface area contributed by atoms with Crippen molar-refractivity contribution in [2.75, 3.05) is 9.44 Å². The zero-order valence-corrected chi connectivity index (χ0v) is 40.2. The van der Waals surface area contributed by atoms with Crippen LogP contribution in [-0.2, 0) is 45.7 Å². The maximum absolute atomic E-state index is 13.8. The van der Waals surface area contributed by atoms with Crippen LogP contribution in [0.15, 0.2) is 137 Å². The molecule has 4 N–H and O–H groups in total. The van der Waals surface area contributed by atoms with Gasteiger partial charge in [-0.05, 0) is 149 Å². The fourth-order valence-electron chi connectivity index (χ4n) is 7.18. The number of anilines is 2. The van der Waals surface area contributed by atoms with Crippen LogP contribution in [0.2, 0.25) is 10.0 Å². The molecular formula is C51H54Cl2N2O8S2. The van der Waals surface area contributed by atoms with E-state index in [1.165, 1.54) is 18.2 Å². The molecule has 0 bridgehead atoms. The highest BCUT2D eigenvalue weighted by Gasteiger charge is 2.27. The predicted molar refractivity (Wildman–Crippen MR) is 261 cm³/mol. The number of hydrogen-bond acceptors (Lipinski definition) is 6. The summed E-state index contributed by atoms with van der Waals surface area (Å²) in [7, 11) is -7.72. The summed E-state index contributed by atoms with van der Waals surface area (Å²) in [6.45, 7) is 12.4. The lowest BCUT2D eigenvalue weighted by Crippen LogP contribution is -2.19. The van der Waals surface area contributed by atoms with E-state index in [1.807, 2.05) is 76.2 Å². The summed E-state index contributed by atoms with van der Waals surface area (Å²) in [5.74, 6) is -1.50. The first-order valence-electron chi connectivity index (χ1n) is 21.1. The van der Waals surface area contributed by atoms with Crippen molar-refractivity contribution in [1.29, 1.82) is 0 Å². The Bertz CT molecular complexity index is 2870. The summed E-state index contributed by atoms with van der Waals surface area (Å²) in [5, 5.41) is 18.7. The summed E-state index contributed by atoms with van der Waals surface area (Å²) in [5.41, 5.74) is 7.94. The molecule has 65 heavy (non-hydrogen) atoms.